The van der Waals surface area contributed by atoms with Crippen molar-refractivity contribution in [3.05, 3.63) is 24.3 Å². The molecule has 134 valence electrons. The molecule has 25 heavy (non-hydrogen) atoms. The fraction of sp³-hybridized carbons (Fsp3) is 0.500. The van der Waals surface area contributed by atoms with Crippen molar-refractivity contribution in [1.82, 2.24) is 20.5 Å². The number of benzene rings is 1. The zero-order valence-corrected chi connectivity index (χ0v) is 13.5. The number of amides is 1. The highest BCUT2D eigenvalue weighted by Crippen LogP contribution is 2.23. The highest BCUT2D eigenvalue weighted by Gasteiger charge is 2.35. The molecule has 0 bridgehead atoms. The van der Waals surface area contributed by atoms with E-state index in [1.54, 1.807) is 0 Å². The number of fused-ring (bicyclic) bond motifs is 1. The summed E-state index contributed by atoms with van der Waals surface area (Å²) < 4.78 is 31.6. The normalized spacial score (nSPS) is 25.6. The summed E-state index contributed by atoms with van der Waals surface area (Å²) in [6.45, 7) is 2.49. The van der Waals surface area contributed by atoms with Gasteiger partial charge in [-0.2, -0.15) is 4.98 Å². The van der Waals surface area contributed by atoms with Gasteiger partial charge in [-0.1, -0.05) is 12.1 Å². The molecule has 0 spiro atoms. The Balaban J connectivity index is 1.40. The maximum atomic E-state index is 12.9. The van der Waals surface area contributed by atoms with Crippen LogP contribution in [0.3, 0.4) is 0 Å². The topological polar surface area (TPSA) is 73.6 Å². The molecule has 2 atom stereocenters. The minimum atomic E-state index is -2.56. The van der Waals surface area contributed by atoms with Gasteiger partial charge in [0.05, 0.1) is 6.04 Å². The summed E-state index contributed by atoms with van der Waals surface area (Å²) >= 11 is 0. The second-order valence-electron chi connectivity index (χ2n) is 6.27. The Bertz CT molecular complexity index is 727. The zero-order valence-electron chi connectivity index (χ0n) is 13.5. The van der Waals surface area contributed by atoms with Gasteiger partial charge in [0.25, 0.3) is 12.4 Å². The summed E-state index contributed by atoms with van der Waals surface area (Å²) in [7, 11) is 0. The molecule has 2 unspecified atom stereocenters. The molecule has 4 rings (SSSR count). The van der Waals surface area contributed by atoms with Crippen LogP contribution < -0.4 is 15.5 Å². The number of nitrogens with zero attached hydrogens (tertiary/aromatic N) is 3. The fourth-order valence-electron chi connectivity index (χ4n) is 3.24. The molecule has 2 saturated heterocycles. The highest BCUT2D eigenvalue weighted by atomic mass is 19.3. The molecule has 9 heteroatoms. The van der Waals surface area contributed by atoms with Crippen LogP contribution in [-0.2, 0) is 4.79 Å². The molecule has 7 nitrogen and oxygen atoms in total. The first kappa shape index (κ1) is 16.2. The molecular formula is C16H19F2N5O2. The number of rotatable bonds is 3. The number of aromatic nitrogens is 1. The Labute approximate surface area is 143 Å². The minimum Gasteiger partial charge on any atom is -0.423 e. The van der Waals surface area contributed by atoms with Crippen LogP contribution >= 0.6 is 0 Å². The molecule has 2 aliphatic heterocycles. The monoisotopic (exact) mass is 351 g/mol. The molecule has 1 aromatic carbocycles. The average molecular weight is 351 g/mol. The van der Waals surface area contributed by atoms with Crippen LogP contribution in [0.25, 0.3) is 11.1 Å². The first-order valence-corrected chi connectivity index (χ1v) is 8.28. The summed E-state index contributed by atoms with van der Waals surface area (Å²) in [6, 6.07) is 7.02. The van der Waals surface area contributed by atoms with Crippen molar-refractivity contribution in [2.45, 2.75) is 25.2 Å². The van der Waals surface area contributed by atoms with Crippen molar-refractivity contribution < 1.29 is 18.0 Å². The number of carbonyl (C=O) groups excluding carboxylic acids is 1. The Hall–Kier alpha value is -2.26. The standard InChI is InChI=1S/C16H19F2N5O2/c17-14(18)11-9-13(24)21-15(19-11)22-5-7-23(8-6-22)16-20-10-3-1-2-4-12(10)25-16/h1-4,11,14-15,19H,5-9H2,(H,21,24). The summed E-state index contributed by atoms with van der Waals surface area (Å²) in [4.78, 5) is 20.1. The third kappa shape index (κ3) is 3.29. The van der Waals surface area contributed by atoms with Gasteiger partial charge in [-0.25, -0.2) is 8.78 Å². The third-order valence-corrected chi connectivity index (χ3v) is 4.61. The number of hydrogen-bond acceptors (Lipinski definition) is 6. The van der Waals surface area contributed by atoms with E-state index in [-0.39, 0.29) is 12.3 Å². The molecule has 2 fully saturated rings. The summed E-state index contributed by atoms with van der Waals surface area (Å²) in [5.41, 5.74) is 1.54. The molecule has 0 aliphatic carbocycles. The van der Waals surface area contributed by atoms with Crippen molar-refractivity contribution in [2.24, 2.45) is 0 Å². The van der Waals surface area contributed by atoms with E-state index < -0.39 is 18.8 Å². The second-order valence-corrected chi connectivity index (χ2v) is 6.27. The number of nitrogens with one attached hydrogen (secondary N) is 2. The number of hydrogen-bond donors (Lipinski definition) is 2. The molecule has 1 aromatic heterocycles. The smallest absolute Gasteiger partial charge is 0.298 e. The Morgan fingerprint density at radius 2 is 1.96 bits per heavy atom. The maximum Gasteiger partial charge on any atom is 0.298 e. The predicted octanol–water partition coefficient (Wildman–Crippen LogP) is 0.977. The number of carbonyl (C=O) groups is 1. The van der Waals surface area contributed by atoms with Gasteiger partial charge < -0.3 is 14.6 Å². The number of anilines is 1. The molecule has 2 N–H and O–H groups in total. The van der Waals surface area contributed by atoms with Crippen molar-refractivity contribution in [1.29, 1.82) is 0 Å². The lowest BCUT2D eigenvalue weighted by molar-refractivity contribution is -0.129. The summed E-state index contributed by atoms with van der Waals surface area (Å²) in [5.74, 6) is -0.351. The van der Waals surface area contributed by atoms with Crippen LogP contribution in [0.2, 0.25) is 0 Å². The molecule has 0 radical (unpaired) electrons. The maximum absolute atomic E-state index is 12.9. The highest BCUT2D eigenvalue weighted by molar-refractivity contribution is 5.77. The largest absolute Gasteiger partial charge is 0.423 e. The van der Waals surface area contributed by atoms with Gasteiger partial charge in [0.1, 0.15) is 11.8 Å². The molecule has 2 aromatic rings. The quantitative estimate of drug-likeness (QED) is 0.859. The summed E-state index contributed by atoms with van der Waals surface area (Å²) in [5, 5.41) is 5.55. The third-order valence-electron chi connectivity index (χ3n) is 4.61. The van der Waals surface area contributed by atoms with E-state index in [1.807, 2.05) is 34.1 Å². The van der Waals surface area contributed by atoms with Gasteiger partial charge >= 0.3 is 0 Å². The lowest BCUT2D eigenvalue weighted by atomic mass is 10.1. The Kier molecular flexibility index (Phi) is 4.26. The molecule has 2 aliphatic rings. The van der Waals surface area contributed by atoms with Crippen LogP contribution in [0.15, 0.2) is 28.7 Å². The van der Waals surface area contributed by atoms with Gasteiger partial charge in [0.2, 0.25) is 5.91 Å². The Morgan fingerprint density at radius 1 is 1.20 bits per heavy atom. The number of piperazine rings is 1. The lowest BCUT2D eigenvalue weighted by Crippen LogP contribution is -2.67. The zero-order chi connectivity index (χ0) is 17.4. The Morgan fingerprint density at radius 3 is 2.68 bits per heavy atom. The lowest BCUT2D eigenvalue weighted by Gasteiger charge is -2.42. The van der Waals surface area contributed by atoms with Gasteiger partial charge in [-0.15, -0.1) is 0 Å². The number of oxazole rings is 1. The van der Waals surface area contributed by atoms with Crippen LogP contribution in [0, 0.1) is 0 Å². The predicted molar refractivity (Wildman–Crippen MR) is 87.3 cm³/mol. The fourth-order valence-corrected chi connectivity index (χ4v) is 3.24. The molecule has 0 saturated carbocycles. The van der Waals surface area contributed by atoms with E-state index in [4.69, 9.17) is 4.42 Å². The van der Waals surface area contributed by atoms with Crippen molar-refractivity contribution in [3.63, 3.8) is 0 Å². The van der Waals surface area contributed by atoms with Crippen molar-refractivity contribution >= 4 is 23.0 Å². The molecule has 1 amide bonds. The van der Waals surface area contributed by atoms with Gasteiger partial charge in [0, 0.05) is 32.6 Å². The van der Waals surface area contributed by atoms with E-state index in [2.05, 4.69) is 15.6 Å². The number of alkyl halides is 2. The number of halogens is 2. The number of para-hydroxylation sites is 2. The van der Waals surface area contributed by atoms with Gasteiger partial charge in [0.15, 0.2) is 5.58 Å². The van der Waals surface area contributed by atoms with Crippen LogP contribution in [0.5, 0.6) is 0 Å². The second kappa shape index (κ2) is 6.57. The summed E-state index contributed by atoms with van der Waals surface area (Å²) in [6.07, 6.45) is -3.32. The van der Waals surface area contributed by atoms with E-state index in [9.17, 15) is 13.6 Å². The first-order valence-electron chi connectivity index (χ1n) is 8.28. The van der Waals surface area contributed by atoms with Crippen LogP contribution in [0.1, 0.15) is 6.42 Å². The molecule has 3 heterocycles. The first-order chi connectivity index (χ1) is 12.1. The van der Waals surface area contributed by atoms with Gasteiger partial charge in [-0.05, 0) is 12.1 Å². The van der Waals surface area contributed by atoms with E-state index >= 15 is 0 Å². The van der Waals surface area contributed by atoms with Crippen molar-refractivity contribution in [3.8, 4) is 0 Å². The SMILES string of the molecule is O=C1CC(C(F)F)NC(N2CCN(c3nc4ccccc4o3)CC2)N1. The van der Waals surface area contributed by atoms with E-state index in [0.717, 1.165) is 11.1 Å². The van der Waals surface area contributed by atoms with Crippen LogP contribution in [0.4, 0.5) is 14.8 Å². The van der Waals surface area contributed by atoms with E-state index in [1.165, 1.54) is 0 Å². The average Bonchev–Trinajstić information content (AvgIpc) is 3.05. The van der Waals surface area contributed by atoms with Crippen LogP contribution in [-0.4, -0.2) is 60.7 Å². The van der Waals surface area contributed by atoms with Crippen molar-refractivity contribution in [2.75, 3.05) is 31.1 Å². The molecular weight excluding hydrogens is 332 g/mol. The van der Waals surface area contributed by atoms with E-state index in [0.29, 0.717) is 32.2 Å². The minimum absolute atomic E-state index is 0.197. The van der Waals surface area contributed by atoms with Gasteiger partial charge in [-0.3, -0.25) is 15.0 Å².